The van der Waals surface area contributed by atoms with Crippen LogP contribution in [0.2, 0.25) is 0 Å². The smallest absolute Gasteiger partial charge is 0.121 e. The van der Waals surface area contributed by atoms with Gasteiger partial charge in [-0.3, -0.25) is 0 Å². The normalized spacial score (nSPS) is 21.0. The molecule has 0 saturated heterocycles. The summed E-state index contributed by atoms with van der Waals surface area (Å²) in [5.74, 6) is 0.878. The molecule has 0 spiro atoms. The van der Waals surface area contributed by atoms with Crippen LogP contribution in [0.15, 0.2) is 18.2 Å². The lowest BCUT2D eigenvalue weighted by Crippen LogP contribution is -2.40. The fraction of sp³-hybridized carbons (Fsp3) is 0.667. The summed E-state index contributed by atoms with van der Waals surface area (Å²) in [5, 5.41) is 3.65. The number of rotatable bonds is 4. The summed E-state index contributed by atoms with van der Waals surface area (Å²) >= 11 is 0. The molecule has 21 heavy (non-hydrogen) atoms. The molecule has 1 saturated carbocycles. The van der Waals surface area contributed by atoms with E-state index >= 15 is 0 Å². The van der Waals surface area contributed by atoms with Crippen molar-refractivity contribution in [3.63, 3.8) is 0 Å². The van der Waals surface area contributed by atoms with E-state index < -0.39 is 0 Å². The SMILES string of the molecule is CCOc1ccc(N)c(NC2CC(C)(C)CC(C)(C)C2)c1. The minimum absolute atomic E-state index is 0.367. The molecule has 3 heteroatoms. The molecule has 3 N–H and O–H groups in total. The predicted molar refractivity (Wildman–Crippen MR) is 90.8 cm³/mol. The Kier molecular flexibility index (Phi) is 4.40. The molecule has 0 unspecified atom stereocenters. The van der Waals surface area contributed by atoms with Crippen LogP contribution < -0.4 is 15.8 Å². The van der Waals surface area contributed by atoms with Crippen molar-refractivity contribution in [3.8, 4) is 5.75 Å². The van der Waals surface area contributed by atoms with Crippen LogP contribution in [0.3, 0.4) is 0 Å². The molecule has 0 atom stereocenters. The molecule has 0 bridgehead atoms. The Bertz CT molecular complexity index is 478. The Balaban J connectivity index is 2.15. The molecule has 1 aliphatic carbocycles. The van der Waals surface area contributed by atoms with Crippen molar-refractivity contribution in [2.24, 2.45) is 10.8 Å². The second-order valence-electron chi connectivity index (χ2n) is 7.94. The summed E-state index contributed by atoms with van der Waals surface area (Å²) in [4.78, 5) is 0. The molecule has 2 rings (SSSR count). The van der Waals surface area contributed by atoms with Gasteiger partial charge in [0.05, 0.1) is 18.0 Å². The van der Waals surface area contributed by atoms with E-state index in [9.17, 15) is 0 Å². The first-order valence-electron chi connectivity index (χ1n) is 8.00. The third kappa shape index (κ3) is 4.29. The first kappa shape index (κ1) is 16.0. The quantitative estimate of drug-likeness (QED) is 0.791. The second kappa shape index (κ2) is 5.78. The molecule has 0 aliphatic heterocycles. The molecule has 1 aromatic rings. The lowest BCUT2D eigenvalue weighted by atomic mass is 9.63. The number of nitrogens with two attached hydrogens (primary N) is 1. The van der Waals surface area contributed by atoms with Crippen molar-refractivity contribution < 1.29 is 4.74 Å². The third-order valence-corrected chi connectivity index (χ3v) is 4.25. The summed E-state index contributed by atoms with van der Waals surface area (Å²) in [7, 11) is 0. The van der Waals surface area contributed by atoms with Gasteiger partial charge >= 0.3 is 0 Å². The molecule has 0 amide bonds. The van der Waals surface area contributed by atoms with Gasteiger partial charge in [0.15, 0.2) is 0 Å². The summed E-state index contributed by atoms with van der Waals surface area (Å²) < 4.78 is 5.58. The maximum absolute atomic E-state index is 6.12. The first-order chi connectivity index (χ1) is 9.71. The van der Waals surface area contributed by atoms with Crippen LogP contribution in [0, 0.1) is 10.8 Å². The summed E-state index contributed by atoms with van der Waals surface area (Å²) in [6.07, 6.45) is 3.62. The van der Waals surface area contributed by atoms with Crippen molar-refractivity contribution in [1.82, 2.24) is 0 Å². The largest absolute Gasteiger partial charge is 0.494 e. The van der Waals surface area contributed by atoms with Crippen molar-refractivity contribution in [2.75, 3.05) is 17.7 Å². The average Bonchev–Trinajstić information content (AvgIpc) is 2.29. The predicted octanol–water partition coefficient (Wildman–Crippen LogP) is 4.68. The Morgan fingerprint density at radius 2 is 1.81 bits per heavy atom. The number of ether oxygens (including phenoxy) is 1. The van der Waals surface area contributed by atoms with E-state index in [1.807, 2.05) is 25.1 Å². The standard InChI is InChI=1S/C18H30N2O/c1-6-21-14-7-8-15(19)16(9-14)20-13-10-17(2,3)12-18(4,5)11-13/h7-9,13,20H,6,10-12,19H2,1-5H3. The lowest BCUT2D eigenvalue weighted by Gasteiger charge is -2.45. The van der Waals surface area contributed by atoms with E-state index in [2.05, 4.69) is 33.0 Å². The number of anilines is 2. The summed E-state index contributed by atoms with van der Waals surface area (Å²) in [6.45, 7) is 12.1. The van der Waals surface area contributed by atoms with Gasteiger partial charge in [-0.2, -0.15) is 0 Å². The molecule has 0 aromatic heterocycles. The molecule has 1 aromatic carbocycles. The molecule has 1 fully saturated rings. The average molecular weight is 290 g/mol. The number of nitrogen functional groups attached to an aromatic ring is 1. The van der Waals surface area contributed by atoms with Gasteiger partial charge in [-0.1, -0.05) is 27.7 Å². The number of hydrogen-bond donors (Lipinski definition) is 2. The highest BCUT2D eigenvalue weighted by Crippen LogP contribution is 2.46. The van der Waals surface area contributed by atoms with Crippen molar-refractivity contribution >= 4 is 11.4 Å². The zero-order valence-electron chi connectivity index (χ0n) is 14.1. The third-order valence-electron chi connectivity index (χ3n) is 4.25. The van der Waals surface area contributed by atoms with Crippen LogP contribution in [0.25, 0.3) is 0 Å². The Hall–Kier alpha value is -1.38. The van der Waals surface area contributed by atoms with Crippen LogP contribution in [0.4, 0.5) is 11.4 Å². The van der Waals surface area contributed by atoms with E-state index in [0.717, 1.165) is 17.1 Å². The van der Waals surface area contributed by atoms with Gasteiger partial charge in [0, 0.05) is 12.1 Å². The second-order valence-corrected chi connectivity index (χ2v) is 7.94. The molecule has 0 radical (unpaired) electrons. The van der Waals surface area contributed by atoms with E-state index in [1.165, 1.54) is 19.3 Å². The molecule has 118 valence electrons. The zero-order valence-corrected chi connectivity index (χ0v) is 14.1. The van der Waals surface area contributed by atoms with E-state index in [-0.39, 0.29) is 0 Å². The van der Waals surface area contributed by atoms with Crippen molar-refractivity contribution in [1.29, 1.82) is 0 Å². The topological polar surface area (TPSA) is 47.3 Å². The molecule has 0 heterocycles. The lowest BCUT2D eigenvalue weighted by molar-refractivity contribution is 0.105. The Morgan fingerprint density at radius 1 is 1.19 bits per heavy atom. The summed E-state index contributed by atoms with van der Waals surface area (Å²) in [6, 6.07) is 6.33. The number of nitrogens with one attached hydrogen (secondary N) is 1. The highest BCUT2D eigenvalue weighted by Gasteiger charge is 2.38. The van der Waals surface area contributed by atoms with Crippen LogP contribution in [0.5, 0.6) is 5.75 Å². The van der Waals surface area contributed by atoms with E-state index in [4.69, 9.17) is 10.5 Å². The van der Waals surface area contributed by atoms with Crippen LogP contribution in [-0.4, -0.2) is 12.6 Å². The monoisotopic (exact) mass is 290 g/mol. The van der Waals surface area contributed by atoms with Crippen LogP contribution in [0.1, 0.15) is 53.9 Å². The number of hydrogen-bond acceptors (Lipinski definition) is 3. The maximum atomic E-state index is 6.12. The van der Waals surface area contributed by atoms with Gasteiger partial charge < -0.3 is 15.8 Å². The minimum atomic E-state index is 0.367. The van der Waals surface area contributed by atoms with Gasteiger partial charge in [0.25, 0.3) is 0 Å². The van der Waals surface area contributed by atoms with Crippen LogP contribution in [-0.2, 0) is 0 Å². The summed E-state index contributed by atoms with van der Waals surface area (Å²) in [5.41, 5.74) is 8.64. The number of benzene rings is 1. The molecular weight excluding hydrogens is 260 g/mol. The van der Waals surface area contributed by atoms with Gasteiger partial charge in [-0.05, 0) is 49.1 Å². The highest BCUT2D eigenvalue weighted by molar-refractivity contribution is 5.68. The van der Waals surface area contributed by atoms with Gasteiger partial charge in [-0.25, -0.2) is 0 Å². The fourth-order valence-corrected chi connectivity index (χ4v) is 4.08. The molecular formula is C18H30N2O. The Morgan fingerprint density at radius 3 is 2.38 bits per heavy atom. The molecule has 1 aliphatic rings. The maximum Gasteiger partial charge on any atom is 0.121 e. The molecule has 3 nitrogen and oxygen atoms in total. The zero-order chi connectivity index (χ0) is 15.7. The van der Waals surface area contributed by atoms with E-state index in [1.54, 1.807) is 0 Å². The van der Waals surface area contributed by atoms with E-state index in [0.29, 0.717) is 23.5 Å². The van der Waals surface area contributed by atoms with Gasteiger partial charge in [0.1, 0.15) is 5.75 Å². The fourth-order valence-electron chi connectivity index (χ4n) is 4.08. The first-order valence-corrected chi connectivity index (χ1v) is 8.00. The highest BCUT2D eigenvalue weighted by atomic mass is 16.5. The Labute approximate surface area is 129 Å². The van der Waals surface area contributed by atoms with Crippen molar-refractivity contribution in [2.45, 2.75) is 59.9 Å². The van der Waals surface area contributed by atoms with Gasteiger partial charge in [0.2, 0.25) is 0 Å². The van der Waals surface area contributed by atoms with Crippen molar-refractivity contribution in [3.05, 3.63) is 18.2 Å². The van der Waals surface area contributed by atoms with Crippen LogP contribution >= 0.6 is 0 Å². The minimum Gasteiger partial charge on any atom is -0.494 e. The van der Waals surface area contributed by atoms with Gasteiger partial charge in [-0.15, -0.1) is 0 Å².